The van der Waals surface area contributed by atoms with Gasteiger partial charge in [-0.15, -0.1) is 0 Å². The molecule has 9 nitrogen and oxygen atoms in total. The van der Waals surface area contributed by atoms with E-state index in [4.69, 9.17) is 16.3 Å². The van der Waals surface area contributed by atoms with Crippen LogP contribution in [0.1, 0.15) is 6.92 Å². The molecule has 0 atom stereocenters. The molecule has 0 saturated heterocycles. The molecule has 2 aromatic carbocycles. The van der Waals surface area contributed by atoms with Crippen LogP contribution >= 0.6 is 11.6 Å². The number of nitro benzene ring substituents is 1. The first kappa shape index (κ1) is 21.5. The number of carbonyl (C=O) groups is 1. The van der Waals surface area contributed by atoms with Crippen LogP contribution in [0.2, 0.25) is 5.02 Å². The summed E-state index contributed by atoms with van der Waals surface area (Å²) in [7, 11) is -3.77. The molecule has 0 aliphatic carbocycles. The van der Waals surface area contributed by atoms with Gasteiger partial charge in [-0.25, -0.2) is 8.42 Å². The number of hydrogen-bond acceptors (Lipinski definition) is 6. The lowest BCUT2D eigenvalue weighted by atomic mass is 10.2. The highest BCUT2D eigenvalue weighted by atomic mass is 35.5. The molecule has 0 bridgehead atoms. The van der Waals surface area contributed by atoms with E-state index < -0.39 is 27.4 Å². The van der Waals surface area contributed by atoms with Gasteiger partial charge in [-0.1, -0.05) is 11.6 Å². The predicted octanol–water partition coefficient (Wildman–Crippen LogP) is 3.05. The van der Waals surface area contributed by atoms with E-state index in [1.807, 2.05) is 6.92 Å². The molecule has 11 heteroatoms. The Kier molecular flexibility index (Phi) is 6.81. The minimum Gasteiger partial charge on any atom is -0.494 e. The number of rotatable bonds is 8. The van der Waals surface area contributed by atoms with Gasteiger partial charge in [-0.3, -0.25) is 19.2 Å². The number of halogens is 1. The van der Waals surface area contributed by atoms with E-state index in [1.54, 1.807) is 12.1 Å². The van der Waals surface area contributed by atoms with E-state index in [9.17, 15) is 23.3 Å². The van der Waals surface area contributed by atoms with Crippen molar-refractivity contribution < 1.29 is 22.9 Å². The summed E-state index contributed by atoms with van der Waals surface area (Å²) in [5.74, 6) is -0.144. The number of amides is 1. The number of carbonyl (C=O) groups excluding carboxylic acids is 1. The quantitative estimate of drug-likeness (QED) is 0.510. The highest BCUT2D eigenvalue weighted by molar-refractivity contribution is 7.92. The molecule has 2 rings (SSSR count). The van der Waals surface area contributed by atoms with Gasteiger partial charge in [0.25, 0.3) is 5.69 Å². The molecule has 1 N–H and O–H groups in total. The summed E-state index contributed by atoms with van der Waals surface area (Å²) < 4.78 is 30.5. The normalized spacial score (nSPS) is 11.0. The van der Waals surface area contributed by atoms with Crippen LogP contribution in [0, 0.1) is 10.1 Å². The Morgan fingerprint density at radius 2 is 1.89 bits per heavy atom. The van der Waals surface area contributed by atoms with Gasteiger partial charge in [0.1, 0.15) is 12.3 Å². The van der Waals surface area contributed by atoms with Gasteiger partial charge < -0.3 is 10.1 Å². The molecular weight excluding hydrogens is 410 g/mol. The van der Waals surface area contributed by atoms with Gasteiger partial charge in [0, 0.05) is 12.1 Å². The van der Waals surface area contributed by atoms with Crippen molar-refractivity contribution in [2.45, 2.75) is 6.92 Å². The number of ether oxygens (including phenoxy) is 1. The number of benzene rings is 2. The molecule has 0 saturated carbocycles. The van der Waals surface area contributed by atoms with E-state index in [0.29, 0.717) is 12.4 Å². The summed E-state index contributed by atoms with van der Waals surface area (Å²) in [5, 5.41) is 13.4. The average Bonchev–Trinajstić information content (AvgIpc) is 2.61. The standard InChI is InChI=1S/C17H18ClN3O6S/c1-3-27-14-7-4-12(5-8-14)20(28(2,25)26)11-17(22)19-16-10-13(21(23)24)6-9-15(16)18/h4-10H,3,11H2,1-2H3,(H,19,22). The molecule has 0 radical (unpaired) electrons. The first-order valence-corrected chi connectivity index (χ1v) is 10.3. The highest BCUT2D eigenvalue weighted by Crippen LogP contribution is 2.27. The van der Waals surface area contributed by atoms with Crippen molar-refractivity contribution in [3.63, 3.8) is 0 Å². The molecule has 0 fully saturated rings. The van der Waals surface area contributed by atoms with Crippen molar-refractivity contribution in [3.05, 3.63) is 57.6 Å². The summed E-state index contributed by atoms with van der Waals surface area (Å²) in [6.07, 6.45) is 0.969. The molecule has 0 aliphatic heterocycles. The third-order valence-electron chi connectivity index (χ3n) is 3.56. The molecule has 0 aliphatic rings. The predicted molar refractivity (Wildman–Crippen MR) is 107 cm³/mol. The monoisotopic (exact) mass is 427 g/mol. The molecule has 1 amide bonds. The lowest BCUT2D eigenvalue weighted by Crippen LogP contribution is -2.37. The van der Waals surface area contributed by atoms with E-state index in [0.717, 1.165) is 16.6 Å². The van der Waals surface area contributed by atoms with Crippen LogP contribution in [0.3, 0.4) is 0 Å². The SMILES string of the molecule is CCOc1ccc(N(CC(=O)Nc2cc([N+](=O)[O-])ccc2Cl)S(C)(=O)=O)cc1. The maximum Gasteiger partial charge on any atom is 0.271 e. The third kappa shape index (κ3) is 5.57. The van der Waals surface area contributed by atoms with Gasteiger partial charge in [-0.05, 0) is 37.3 Å². The van der Waals surface area contributed by atoms with Crippen molar-refractivity contribution in [3.8, 4) is 5.75 Å². The number of non-ortho nitro benzene ring substituents is 1. The number of hydrogen-bond donors (Lipinski definition) is 1. The second-order valence-electron chi connectivity index (χ2n) is 5.67. The Balaban J connectivity index is 2.22. The van der Waals surface area contributed by atoms with E-state index in [2.05, 4.69) is 5.32 Å². The first-order chi connectivity index (χ1) is 13.1. The number of sulfonamides is 1. The molecular formula is C17H18ClN3O6S. The molecule has 28 heavy (non-hydrogen) atoms. The fourth-order valence-electron chi connectivity index (χ4n) is 2.32. The molecule has 0 aromatic heterocycles. The maximum atomic E-state index is 12.4. The van der Waals surface area contributed by atoms with E-state index >= 15 is 0 Å². The second-order valence-corrected chi connectivity index (χ2v) is 7.98. The van der Waals surface area contributed by atoms with E-state index in [1.165, 1.54) is 24.3 Å². The first-order valence-electron chi connectivity index (χ1n) is 8.06. The van der Waals surface area contributed by atoms with Crippen molar-refractivity contribution >= 4 is 44.6 Å². The minimum atomic E-state index is -3.77. The van der Waals surface area contributed by atoms with Crippen LogP contribution in [0.15, 0.2) is 42.5 Å². The van der Waals surface area contributed by atoms with Crippen LogP contribution in [0.25, 0.3) is 0 Å². The van der Waals surface area contributed by atoms with Crippen LogP contribution in [0.4, 0.5) is 17.1 Å². The summed E-state index contributed by atoms with van der Waals surface area (Å²) >= 11 is 5.95. The fraction of sp³-hybridized carbons (Fsp3) is 0.235. The smallest absolute Gasteiger partial charge is 0.271 e. The van der Waals surface area contributed by atoms with Crippen molar-refractivity contribution in [2.24, 2.45) is 0 Å². The Labute approximate surface area is 167 Å². The third-order valence-corrected chi connectivity index (χ3v) is 5.03. The maximum absolute atomic E-state index is 12.4. The average molecular weight is 428 g/mol. The zero-order valence-corrected chi connectivity index (χ0v) is 16.7. The zero-order chi connectivity index (χ0) is 20.9. The largest absolute Gasteiger partial charge is 0.494 e. The van der Waals surface area contributed by atoms with Crippen molar-refractivity contribution in [1.29, 1.82) is 0 Å². The van der Waals surface area contributed by atoms with Crippen LogP contribution in [-0.4, -0.2) is 38.7 Å². The molecule has 0 unspecified atom stereocenters. The lowest BCUT2D eigenvalue weighted by Gasteiger charge is -2.22. The lowest BCUT2D eigenvalue weighted by molar-refractivity contribution is -0.384. The Morgan fingerprint density at radius 1 is 1.25 bits per heavy atom. The zero-order valence-electron chi connectivity index (χ0n) is 15.1. The molecule has 0 spiro atoms. The van der Waals surface area contributed by atoms with Crippen LogP contribution in [-0.2, 0) is 14.8 Å². The van der Waals surface area contributed by atoms with Crippen molar-refractivity contribution in [2.75, 3.05) is 29.0 Å². The summed E-state index contributed by atoms with van der Waals surface area (Å²) in [6, 6.07) is 9.77. The van der Waals surface area contributed by atoms with Gasteiger partial charge in [0.05, 0.1) is 34.2 Å². The van der Waals surface area contributed by atoms with Gasteiger partial charge in [0.2, 0.25) is 15.9 Å². The molecule has 0 heterocycles. The summed E-state index contributed by atoms with van der Waals surface area (Å²) in [4.78, 5) is 22.6. The Hall–Kier alpha value is -2.85. The topological polar surface area (TPSA) is 119 Å². The number of nitro groups is 1. The van der Waals surface area contributed by atoms with Crippen molar-refractivity contribution in [1.82, 2.24) is 0 Å². The van der Waals surface area contributed by atoms with Gasteiger partial charge >= 0.3 is 0 Å². The second kappa shape index (κ2) is 8.89. The number of anilines is 2. The molecule has 150 valence electrons. The van der Waals surface area contributed by atoms with E-state index in [-0.39, 0.29) is 22.1 Å². The molecule has 2 aromatic rings. The minimum absolute atomic E-state index is 0.0148. The van der Waals surface area contributed by atoms with Gasteiger partial charge in [-0.2, -0.15) is 0 Å². The Bertz CT molecular complexity index is 979. The number of nitrogens with one attached hydrogen (secondary N) is 1. The Morgan fingerprint density at radius 3 is 2.43 bits per heavy atom. The fourth-order valence-corrected chi connectivity index (χ4v) is 3.34. The summed E-state index contributed by atoms with van der Waals surface area (Å²) in [5.41, 5.74) is 0.0263. The summed E-state index contributed by atoms with van der Waals surface area (Å²) in [6.45, 7) is 1.74. The number of nitrogens with zero attached hydrogens (tertiary/aromatic N) is 2. The van der Waals surface area contributed by atoms with Crippen LogP contribution < -0.4 is 14.4 Å². The highest BCUT2D eigenvalue weighted by Gasteiger charge is 2.22. The van der Waals surface area contributed by atoms with Crippen LogP contribution in [0.5, 0.6) is 5.75 Å². The van der Waals surface area contributed by atoms with Gasteiger partial charge in [0.15, 0.2) is 0 Å².